The first kappa shape index (κ1) is 20.0. The highest BCUT2D eigenvalue weighted by Crippen LogP contribution is 2.42. The quantitative estimate of drug-likeness (QED) is 0.110. The minimum absolute atomic E-state index is 0.0498. The maximum atomic E-state index is 11.4. The van der Waals surface area contributed by atoms with Gasteiger partial charge in [0.25, 0.3) is 0 Å². The van der Waals surface area contributed by atoms with E-state index in [1.807, 2.05) is 0 Å². The van der Waals surface area contributed by atoms with Crippen molar-refractivity contribution in [3.05, 3.63) is 24.3 Å². The summed E-state index contributed by atoms with van der Waals surface area (Å²) in [5.74, 6) is -0.602. The van der Waals surface area contributed by atoms with Crippen molar-refractivity contribution in [1.29, 1.82) is 0 Å². The van der Waals surface area contributed by atoms with E-state index in [1.54, 1.807) is 6.92 Å². The minimum Gasteiger partial charge on any atom is -0.460 e. The lowest BCUT2D eigenvalue weighted by atomic mass is 10.4. The monoisotopic (exact) mass is 324 g/mol. The average molecular weight is 324 g/mol. The fourth-order valence-corrected chi connectivity index (χ4v) is 1.52. The maximum absolute atomic E-state index is 11.4. The van der Waals surface area contributed by atoms with Gasteiger partial charge in [0.05, 0.1) is 13.2 Å². The fourth-order valence-electron chi connectivity index (χ4n) is 0.835. The lowest BCUT2D eigenvalue weighted by Gasteiger charge is -2.12. The summed E-state index contributed by atoms with van der Waals surface area (Å²) in [6.07, 6.45) is 0. The molecule has 0 aliphatic heterocycles. The van der Waals surface area contributed by atoms with Gasteiger partial charge in [0.15, 0.2) is 0 Å². The van der Waals surface area contributed by atoms with Crippen LogP contribution in [-0.4, -0.2) is 43.9 Å². The van der Waals surface area contributed by atoms with Crippen LogP contribution in [0.3, 0.4) is 0 Å². The molecule has 0 aliphatic carbocycles. The van der Waals surface area contributed by atoms with Crippen molar-refractivity contribution in [2.24, 2.45) is 0 Å². The summed E-state index contributed by atoms with van der Waals surface area (Å²) in [7, 11) is -4.21. The first-order valence-electron chi connectivity index (χ1n) is 6.08. The van der Waals surface area contributed by atoms with Gasteiger partial charge in [-0.25, -0.2) is 19.1 Å². The lowest BCUT2D eigenvalue weighted by Crippen LogP contribution is -2.11. The number of esters is 1. The molecule has 0 saturated heterocycles. The number of hydrogen-bond acceptors (Lipinski definition) is 7. The summed E-state index contributed by atoms with van der Waals surface area (Å²) in [5.41, 5.74) is 1.00. The van der Waals surface area contributed by atoms with Crippen molar-refractivity contribution >= 4 is 13.8 Å². The van der Waals surface area contributed by atoms with Crippen LogP contribution in [0.5, 0.6) is 0 Å². The van der Waals surface area contributed by atoms with Crippen LogP contribution in [0.15, 0.2) is 24.3 Å². The van der Waals surface area contributed by atoms with Gasteiger partial charge in [0.2, 0.25) is 0 Å². The van der Waals surface area contributed by atoms with E-state index in [4.69, 9.17) is 4.89 Å². The predicted molar refractivity (Wildman–Crippen MR) is 74.2 cm³/mol. The number of hydrogen-bond donors (Lipinski definition) is 1. The van der Waals surface area contributed by atoms with E-state index in [9.17, 15) is 14.3 Å². The first-order valence-corrected chi connectivity index (χ1v) is 7.57. The Labute approximate surface area is 123 Å². The molecule has 0 bridgehead atoms. The van der Waals surface area contributed by atoms with Crippen molar-refractivity contribution in [2.45, 2.75) is 13.8 Å². The van der Waals surface area contributed by atoms with Gasteiger partial charge in [-0.2, -0.15) is 0 Å². The standard InChI is InChI=1S/C12H21O8P/c1-10(2)9-18-17-6-8-20-21(14,15)19-7-5-16-12(13)11(3)4/h1,3,5-9H2,2,4H3,(H,14,15). The molecule has 0 aromatic heterocycles. The van der Waals surface area contributed by atoms with Gasteiger partial charge in [-0.3, -0.25) is 9.05 Å². The molecule has 8 nitrogen and oxygen atoms in total. The Bertz CT molecular complexity index is 406. The lowest BCUT2D eigenvalue weighted by molar-refractivity contribution is -0.290. The van der Waals surface area contributed by atoms with Crippen molar-refractivity contribution in [3.8, 4) is 0 Å². The van der Waals surface area contributed by atoms with Gasteiger partial charge in [-0.1, -0.05) is 18.7 Å². The fraction of sp³-hybridized carbons (Fsp3) is 0.583. The smallest absolute Gasteiger partial charge is 0.460 e. The van der Waals surface area contributed by atoms with Crippen molar-refractivity contribution in [2.75, 3.05) is 33.0 Å². The Kier molecular flexibility index (Phi) is 10.2. The van der Waals surface area contributed by atoms with Crippen molar-refractivity contribution in [1.82, 2.24) is 0 Å². The number of phosphoric acid groups is 1. The second kappa shape index (κ2) is 10.7. The molecule has 0 spiro atoms. The van der Waals surface area contributed by atoms with Crippen LogP contribution >= 0.6 is 7.82 Å². The van der Waals surface area contributed by atoms with Crippen LogP contribution in [-0.2, 0) is 32.9 Å². The zero-order chi connectivity index (χ0) is 16.3. The third-order valence-electron chi connectivity index (χ3n) is 1.73. The molecule has 122 valence electrons. The second-order valence-corrected chi connectivity index (χ2v) is 5.55. The molecule has 0 aromatic carbocycles. The highest BCUT2D eigenvalue weighted by molar-refractivity contribution is 7.47. The molecule has 0 amide bonds. The molecule has 0 rings (SSSR count). The summed E-state index contributed by atoms with van der Waals surface area (Å²) in [5, 5.41) is 0. The summed E-state index contributed by atoms with van der Waals surface area (Å²) in [6, 6.07) is 0. The largest absolute Gasteiger partial charge is 0.472 e. The SMILES string of the molecule is C=C(C)COOCCOP(=O)(O)OCCOC(=O)C(=C)C. The maximum Gasteiger partial charge on any atom is 0.472 e. The van der Waals surface area contributed by atoms with Gasteiger partial charge in [-0.05, 0) is 13.8 Å². The van der Waals surface area contributed by atoms with Crippen LogP contribution < -0.4 is 0 Å². The molecule has 0 heterocycles. The molecule has 0 saturated carbocycles. The Hall–Kier alpha value is -1.02. The third kappa shape index (κ3) is 12.4. The zero-order valence-corrected chi connectivity index (χ0v) is 13.1. The number of carbonyl (C=O) groups excluding carboxylic acids is 1. The Morgan fingerprint density at radius 3 is 2.14 bits per heavy atom. The average Bonchev–Trinajstić information content (AvgIpc) is 2.38. The van der Waals surface area contributed by atoms with Gasteiger partial charge >= 0.3 is 13.8 Å². The molecule has 9 heteroatoms. The molecule has 0 aromatic rings. The minimum atomic E-state index is -4.21. The summed E-state index contributed by atoms with van der Waals surface area (Å²) in [4.78, 5) is 29.7. The van der Waals surface area contributed by atoms with Gasteiger partial charge in [0.1, 0.15) is 19.8 Å². The molecule has 1 unspecified atom stereocenters. The van der Waals surface area contributed by atoms with Crippen molar-refractivity contribution in [3.63, 3.8) is 0 Å². The van der Waals surface area contributed by atoms with E-state index in [-0.39, 0.29) is 38.6 Å². The van der Waals surface area contributed by atoms with E-state index in [2.05, 4.69) is 31.8 Å². The van der Waals surface area contributed by atoms with E-state index in [0.29, 0.717) is 0 Å². The van der Waals surface area contributed by atoms with E-state index in [1.165, 1.54) is 6.92 Å². The van der Waals surface area contributed by atoms with Gasteiger partial charge in [-0.15, -0.1) is 0 Å². The predicted octanol–water partition coefficient (Wildman–Crippen LogP) is 1.76. The number of rotatable bonds is 12. The van der Waals surface area contributed by atoms with Gasteiger partial charge < -0.3 is 9.63 Å². The summed E-state index contributed by atoms with van der Waals surface area (Å²) in [6.45, 7) is 9.74. The Morgan fingerprint density at radius 2 is 1.62 bits per heavy atom. The zero-order valence-electron chi connectivity index (χ0n) is 12.2. The molecular formula is C12H21O8P. The Balaban J connectivity index is 3.65. The molecule has 0 aliphatic rings. The highest BCUT2D eigenvalue weighted by Gasteiger charge is 2.20. The van der Waals surface area contributed by atoms with E-state index in [0.717, 1.165) is 5.57 Å². The summed E-state index contributed by atoms with van der Waals surface area (Å²) >= 11 is 0. The van der Waals surface area contributed by atoms with E-state index < -0.39 is 13.8 Å². The topological polar surface area (TPSA) is 101 Å². The number of phosphoric ester groups is 1. The normalized spacial score (nSPS) is 13.5. The molecule has 1 N–H and O–H groups in total. The van der Waals surface area contributed by atoms with Crippen LogP contribution in [0.1, 0.15) is 13.8 Å². The second-order valence-electron chi connectivity index (χ2n) is 4.09. The van der Waals surface area contributed by atoms with Crippen LogP contribution in [0.2, 0.25) is 0 Å². The van der Waals surface area contributed by atoms with Crippen LogP contribution in [0.4, 0.5) is 0 Å². The molecule has 0 fully saturated rings. The van der Waals surface area contributed by atoms with Crippen LogP contribution in [0.25, 0.3) is 0 Å². The van der Waals surface area contributed by atoms with E-state index >= 15 is 0 Å². The molecule has 21 heavy (non-hydrogen) atoms. The molecule has 1 atom stereocenters. The number of carbonyl (C=O) groups is 1. The van der Waals surface area contributed by atoms with Gasteiger partial charge in [0, 0.05) is 5.57 Å². The first-order chi connectivity index (χ1) is 9.74. The van der Waals surface area contributed by atoms with Crippen LogP contribution in [0, 0.1) is 0 Å². The molecular weight excluding hydrogens is 303 g/mol. The highest BCUT2D eigenvalue weighted by atomic mass is 31.2. The molecule has 0 radical (unpaired) electrons. The Morgan fingerprint density at radius 1 is 1.05 bits per heavy atom. The summed E-state index contributed by atoms with van der Waals surface area (Å²) < 4.78 is 25.2. The third-order valence-corrected chi connectivity index (χ3v) is 2.75. The number of ether oxygens (including phenoxy) is 1. The van der Waals surface area contributed by atoms with Crippen molar-refractivity contribution < 1.29 is 37.8 Å².